The van der Waals surface area contributed by atoms with Crippen LogP contribution in [0.5, 0.6) is 0 Å². The molecule has 13 nitrogen and oxygen atoms in total. The lowest BCUT2D eigenvalue weighted by molar-refractivity contribution is -0.322. The van der Waals surface area contributed by atoms with Crippen molar-refractivity contribution < 1.29 is 50.3 Å². The molecule has 0 spiro atoms. The number of rotatable bonds is 9. The largest absolute Gasteiger partial charge is 0.394 e. The predicted octanol–water partition coefficient (Wildman–Crippen LogP) is -6.14. The summed E-state index contributed by atoms with van der Waals surface area (Å²) in [5.41, 5.74) is 5.43. The summed E-state index contributed by atoms with van der Waals surface area (Å²) < 4.78 is 11.1. The Labute approximate surface area is 180 Å². The minimum atomic E-state index is -1.66. The van der Waals surface area contributed by atoms with Gasteiger partial charge in [-0.1, -0.05) is 0 Å². The van der Waals surface area contributed by atoms with E-state index >= 15 is 0 Å². The molecule has 2 unspecified atom stereocenters. The number of aliphatic hydroxyl groups is 8. The number of halogens is 1. The summed E-state index contributed by atoms with van der Waals surface area (Å²) in [4.78, 5) is 1.29. The third-order valence-corrected chi connectivity index (χ3v) is 5.26. The van der Waals surface area contributed by atoms with Gasteiger partial charge in [-0.15, -0.1) is 12.4 Å². The van der Waals surface area contributed by atoms with Gasteiger partial charge in [0.05, 0.1) is 13.2 Å². The Hall–Kier alpha value is -0.230. The molecule has 0 radical (unpaired) electrons. The number of nitrogens with one attached hydrogen (secondary N) is 1. The Balaban J connectivity index is 0.00000450. The monoisotopic (exact) mass is 463 g/mol. The van der Waals surface area contributed by atoms with Crippen molar-refractivity contribution in [1.29, 1.82) is 0 Å². The van der Waals surface area contributed by atoms with Crippen LogP contribution in [-0.4, -0.2) is 146 Å². The molecule has 2 fully saturated rings. The van der Waals surface area contributed by atoms with Gasteiger partial charge in [0.2, 0.25) is 0 Å². The van der Waals surface area contributed by atoms with Crippen LogP contribution >= 0.6 is 12.4 Å². The number of nitrogens with zero attached hydrogens (tertiary/aromatic N) is 1. The lowest BCUT2D eigenvalue weighted by Crippen LogP contribution is -2.70. The Morgan fingerprint density at radius 2 is 1.13 bits per heavy atom. The van der Waals surface area contributed by atoms with E-state index in [1.54, 1.807) is 0 Å². The van der Waals surface area contributed by atoms with Gasteiger partial charge < -0.3 is 61.4 Å². The zero-order valence-corrected chi connectivity index (χ0v) is 17.2. The zero-order valence-electron chi connectivity index (χ0n) is 16.3. The van der Waals surface area contributed by atoms with E-state index in [-0.39, 0.29) is 25.5 Å². The molecular weight excluding hydrogens is 430 g/mol. The molecule has 2 heterocycles. The maximum absolute atomic E-state index is 10.5. The predicted molar refractivity (Wildman–Crippen MR) is 103 cm³/mol. The average Bonchev–Trinajstić information content (AvgIpc) is 2.72. The van der Waals surface area contributed by atoms with Crippen LogP contribution in [0.4, 0.5) is 0 Å². The van der Waals surface area contributed by atoms with Gasteiger partial charge in [0.25, 0.3) is 0 Å². The number of hydrogen-bond donors (Lipinski definition) is 10. The Kier molecular flexibility index (Phi) is 11.8. The van der Waals surface area contributed by atoms with Gasteiger partial charge in [-0.2, -0.15) is 0 Å². The van der Waals surface area contributed by atoms with E-state index in [1.165, 1.54) is 4.90 Å². The maximum Gasteiger partial charge on any atom is 0.142 e. The summed E-state index contributed by atoms with van der Waals surface area (Å²) in [5.74, 6) is 0. The Bertz CT molecular complexity index is 458. The van der Waals surface area contributed by atoms with E-state index in [1.807, 2.05) is 0 Å². The first-order valence-corrected chi connectivity index (χ1v) is 9.56. The van der Waals surface area contributed by atoms with Crippen molar-refractivity contribution in [3.8, 4) is 0 Å². The van der Waals surface area contributed by atoms with Crippen molar-refractivity contribution in [3.63, 3.8) is 0 Å². The van der Waals surface area contributed by atoms with Crippen molar-refractivity contribution in [2.24, 2.45) is 5.73 Å². The first-order valence-electron chi connectivity index (χ1n) is 9.56. The summed E-state index contributed by atoms with van der Waals surface area (Å²) in [5, 5.41) is 82.9. The van der Waals surface area contributed by atoms with Crippen molar-refractivity contribution in [3.05, 3.63) is 0 Å². The molecule has 14 heteroatoms. The van der Waals surface area contributed by atoms with Crippen molar-refractivity contribution in [2.75, 3.05) is 39.4 Å². The Morgan fingerprint density at radius 3 is 1.50 bits per heavy atom. The topological polar surface area (TPSA) is 222 Å². The smallest absolute Gasteiger partial charge is 0.142 e. The zero-order chi connectivity index (χ0) is 21.7. The quantitative estimate of drug-likeness (QED) is 0.144. The lowest BCUT2D eigenvalue weighted by atomic mass is 9.95. The van der Waals surface area contributed by atoms with Crippen LogP contribution < -0.4 is 11.1 Å². The van der Waals surface area contributed by atoms with Gasteiger partial charge in [-0.25, -0.2) is 4.90 Å². The highest BCUT2D eigenvalue weighted by molar-refractivity contribution is 5.85. The van der Waals surface area contributed by atoms with Crippen molar-refractivity contribution in [2.45, 2.75) is 61.3 Å². The average molecular weight is 464 g/mol. The van der Waals surface area contributed by atoms with E-state index in [2.05, 4.69) is 5.32 Å². The van der Waals surface area contributed by atoms with Crippen molar-refractivity contribution >= 4 is 12.4 Å². The third-order valence-electron chi connectivity index (χ3n) is 5.26. The molecule has 0 aromatic rings. The fourth-order valence-electron chi connectivity index (χ4n) is 3.55. The molecule has 0 aliphatic carbocycles. The normalized spacial score (nSPS) is 42.2. The number of ether oxygens (including phenoxy) is 2. The van der Waals surface area contributed by atoms with Crippen LogP contribution in [-0.2, 0) is 9.47 Å². The summed E-state index contributed by atoms with van der Waals surface area (Å²) in [6.07, 6.45) is -14.8. The molecule has 10 atom stereocenters. The molecule has 0 amide bonds. The van der Waals surface area contributed by atoms with Gasteiger partial charge in [0.1, 0.15) is 61.3 Å². The molecule has 0 aromatic carbocycles. The standard InChI is InChI=1S/C16H33N3O10.ClH/c17-1-2-18-3-4-19(15-13(26)11(24)9(22)7(5-20)28-15)16-14(27)12(25)10(23)8(6-21)29-16;/h7-16,18,20-27H,1-6,17H2;1H/t7-,8-,9-,10-,11+,12+,13-,14-,15?,16?;/m1./s1. The van der Waals surface area contributed by atoms with Gasteiger partial charge in [0.15, 0.2) is 0 Å². The minimum absolute atomic E-state index is 0. The minimum Gasteiger partial charge on any atom is -0.394 e. The number of nitrogens with two attached hydrogens (primary N) is 1. The van der Waals surface area contributed by atoms with E-state index in [0.717, 1.165) is 0 Å². The van der Waals surface area contributed by atoms with E-state index in [0.29, 0.717) is 13.1 Å². The van der Waals surface area contributed by atoms with Crippen LogP contribution in [0.1, 0.15) is 0 Å². The first-order chi connectivity index (χ1) is 13.8. The second-order valence-corrected chi connectivity index (χ2v) is 7.22. The van der Waals surface area contributed by atoms with Gasteiger partial charge in [-0.3, -0.25) is 0 Å². The Morgan fingerprint density at radius 1 is 0.700 bits per heavy atom. The lowest BCUT2D eigenvalue weighted by Gasteiger charge is -2.50. The fourth-order valence-corrected chi connectivity index (χ4v) is 3.55. The molecule has 2 saturated heterocycles. The van der Waals surface area contributed by atoms with Gasteiger partial charge >= 0.3 is 0 Å². The molecular formula is C16H34ClN3O10. The second kappa shape index (κ2) is 12.7. The highest BCUT2D eigenvalue weighted by Crippen LogP contribution is 2.30. The first kappa shape index (κ1) is 27.8. The van der Waals surface area contributed by atoms with Crippen LogP contribution in [0.25, 0.3) is 0 Å². The fraction of sp³-hybridized carbons (Fsp3) is 1.00. The summed E-state index contributed by atoms with van der Waals surface area (Å²) in [6, 6.07) is 0. The summed E-state index contributed by atoms with van der Waals surface area (Å²) in [7, 11) is 0. The highest BCUT2D eigenvalue weighted by Gasteiger charge is 2.52. The van der Waals surface area contributed by atoms with Crippen molar-refractivity contribution in [1.82, 2.24) is 10.2 Å². The summed E-state index contributed by atoms with van der Waals surface area (Å²) >= 11 is 0. The molecule has 2 aliphatic rings. The van der Waals surface area contributed by atoms with E-state index in [4.69, 9.17) is 15.2 Å². The third kappa shape index (κ3) is 5.96. The maximum atomic E-state index is 10.5. The molecule has 30 heavy (non-hydrogen) atoms. The molecule has 11 N–H and O–H groups in total. The number of hydrogen-bond acceptors (Lipinski definition) is 13. The van der Waals surface area contributed by atoms with Crippen LogP contribution in [0.3, 0.4) is 0 Å². The van der Waals surface area contributed by atoms with Gasteiger partial charge in [-0.05, 0) is 0 Å². The molecule has 0 aromatic heterocycles. The van der Waals surface area contributed by atoms with E-state index in [9.17, 15) is 40.9 Å². The molecule has 180 valence electrons. The van der Waals surface area contributed by atoms with Gasteiger partial charge in [0, 0.05) is 26.2 Å². The second-order valence-electron chi connectivity index (χ2n) is 7.22. The van der Waals surface area contributed by atoms with E-state index < -0.39 is 74.5 Å². The van der Waals surface area contributed by atoms with Crippen LogP contribution in [0, 0.1) is 0 Å². The molecule has 0 saturated carbocycles. The highest BCUT2D eigenvalue weighted by atomic mass is 35.5. The van der Waals surface area contributed by atoms with Crippen LogP contribution in [0.15, 0.2) is 0 Å². The number of aliphatic hydroxyl groups excluding tert-OH is 8. The molecule has 2 rings (SSSR count). The SMILES string of the molecule is Cl.NCCNCCN(C1O[C@H](CO)[C@@H](O)[C@H](O)[C@H]1O)C1O[C@H](CO)[C@@H](O)[C@H](O)[C@H]1O. The molecule has 0 bridgehead atoms. The molecule has 2 aliphatic heterocycles. The summed E-state index contributed by atoms with van der Waals surface area (Å²) in [6.45, 7) is -0.116. The van der Waals surface area contributed by atoms with Crippen LogP contribution in [0.2, 0.25) is 0 Å².